The Bertz CT molecular complexity index is 1260. The first-order chi connectivity index (χ1) is 15.4. The summed E-state index contributed by atoms with van der Waals surface area (Å²) >= 11 is 0. The summed E-state index contributed by atoms with van der Waals surface area (Å²) in [5.74, 6) is -1.18. The summed E-state index contributed by atoms with van der Waals surface area (Å²) in [7, 11) is -3.33. The number of pyridine rings is 1. The molecule has 0 radical (unpaired) electrons. The summed E-state index contributed by atoms with van der Waals surface area (Å²) in [6, 6.07) is 12.6. The Morgan fingerprint density at radius 1 is 1.06 bits per heavy atom. The van der Waals surface area contributed by atoms with Gasteiger partial charge in [0.2, 0.25) is 5.88 Å². The highest BCUT2D eigenvalue weighted by Gasteiger charge is 2.32. The minimum Gasteiger partial charge on any atom is -0.435 e. The number of nitrogens with one attached hydrogen (secondary N) is 1. The van der Waals surface area contributed by atoms with Crippen molar-refractivity contribution >= 4 is 15.7 Å². The average molecular weight is 480 g/mol. The van der Waals surface area contributed by atoms with E-state index in [-0.39, 0.29) is 28.6 Å². The average Bonchev–Trinajstić information content (AvgIpc) is 2.73. The maximum atomic E-state index is 12.5. The maximum Gasteiger partial charge on any atom is 0.573 e. The fraction of sp³-hybridized carbons (Fsp3) is 0.182. The van der Waals surface area contributed by atoms with Crippen molar-refractivity contribution in [2.45, 2.75) is 24.7 Å². The smallest absolute Gasteiger partial charge is 0.435 e. The van der Waals surface area contributed by atoms with Crippen molar-refractivity contribution < 1.29 is 35.9 Å². The van der Waals surface area contributed by atoms with Gasteiger partial charge in [0.15, 0.2) is 21.3 Å². The van der Waals surface area contributed by atoms with Crippen molar-refractivity contribution in [1.82, 2.24) is 10.3 Å². The third kappa shape index (κ3) is 6.69. The number of aromatic nitrogens is 1. The standard InChI is InChI=1S/C22H19F3N2O5S/c1-14-11-17(33(2,29)30)9-7-15(14)12-27-21(28)16-8-10-20(26-13-16)31-18-5-3-4-6-19(18)32-22(23,24)25/h3-11,13H,12H2,1-2H3,(H,27,28). The van der Waals surface area contributed by atoms with Gasteiger partial charge in [-0.2, -0.15) is 0 Å². The Morgan fingerprint density at radius 3 is 2.33 bits per heavy atom. The molecule has 0 aliphatic rings. The fourth-order valence-electron chi connectivity index (χ4n) is 2.81. The molecule has 0 fully saturated rings. The molecule has 0 aliphatic heterocycles. The quantitative estimate of drug-likeness (QED) is 0.538. The van der Waals surface area contributed by atoms with Crippen molar-refractivity contribution in [3.05, 3.63) is 77.5 Å². The van der Waals surface area contributed by atoms with Crippen LogP contribution in [0.5, 0.6) is 17.4 Å². The molecule has 1 amide bonds. The number of carbonyl (C=O) groups is 1. The number of rotatable bonds is 7. The minimum absolute atomic E-state index is 0.0306. The van der Waals surface area contributed by atoms with Crippen LogP contribution in [0.3, 0.4) is 0 Å². The molecular formula is C22H19F3N2O5S. The number of hydrogen-bond donors (Lipinski definition) is 1. The Labute approximate surface area is 188 Å². The Balaban J connectivity index is 1.65. The van der Waals surface area contributed by atoms with Gasteiger partial charge in [-0.15, -0.1) is 13.2 Å². The van der Waals surface area contributed by atoms with E-state index in [4.69, 9.17) is 4.74 Å². The number of alkyl halides is 3. The first-order valence-corrected chi connectivity index (χ1v) is 11.4. The third-order valence-electron chi connectivity index (χ3n) is 4.47. The van der Waals surface area contributed by atoms with E-state index in [9.17, 15) is 26.4 Å². The molecule has 3 rings (SSSR count). The zero-order chi connectivity index (χ0) is 24.2. The van der Waals surface area contributed by atoms with Gasteiger partial charge in [0, 0.05) is 25.1 Å². The van der Waals surface area contributed by atoms with E-state index in [0.717, 1.165) is 17.9 Å². The molecule has 2 aromatic carbocycles. The summed E-state index contributed by atoms with van der Waals surface area (Å²) in [5, 5.41) is 2.70. The van der Waals surface area contributed by atoms with Gasteiger partial charge in [-0.05, 0) is 48.4 Å². The number of aryl methyl sites for hydroxylation is 1. The van der Waals surface area contributed by atoms with Crippen molar-refractivity contribution in [3.8, 4) is 17.4 Å². The Morgan fingerprint density at radius 2 is 1.76 bits per heavy atom. The number of benzene rings is 2. The number of carbonyl (C=O) groups excluding carboxylic acids is 1. The molecule has 0 aliphatic carbocycles. The molecule has 1 aromatic heterocycles. The van der Waals surface area contributed by atoms with Crippen LogP contribution in [0.25, 0.3) is 0 Å². The largest absolute Gasteiger partial charge is 0.573 e. The van der Waals surface area contributed by atoms with Gasteiger partial charge in [0.1, 0.15) is 0 Å². The number of sulfone groups is 1. The molecule has 11 heteroatoms. The second-order valence-corrected chi connectivity index (χ2v) is 9.04. The lowest BCUT2D eigenvalue weighted by Crippen LogP contribution is -2.23. The van der Waals surface area contributed by atoms with Crippen molar-refractivity contribution in [2.75, 3.05) is 6.26 Å². The molecule has 33 heavy (non-hydrogen) atoms. The molecular weight excluding hydrogens is 461 g/mol. The monoisotopic (exact) mass is 480 g/mol. The van der Waals surface area contributed by atoms with Crippen LogP contribution in [0.15, 0.2) is 65.7 Å². The van der Waals surface area contributed by atoms with Crippen LogP contribution in [0.1, 0.15) is 21.5 Å². The van der Waals surface area contributed by atoms with E-state index in [0.29, 0.717) is 5.56 Å². The van der Waals surface area contributed by atoms with E-state index >= 15 is 0 Å². The zero-order valence-corrected chi connectivity index (χ0v) is 18.3. The van der Waals surface area contributed by atoms with Crippen LogP contribution < -0.4 is 14.8 Å². The lowest BCUT2D eigenvalue weighted by Gasteiger charge is -2.13. The van der Waals surface area contributed by atoms with E-state index in [1.165, 1.54) is 48.7 Å². The lowest BCUT2D eigenvalue weighted by atomic mass is 10.1. The summed E-state index contributed by atoms with van der Waals surface area (Å²) in [6.45, 7) is 1.90. The van der Waals surface area contributed by atoms with Gasteiger partial charge in [0.25, 0.3) is 5.91 Å². The van der Waals surface area contributed by atoms with Crippen molar-refractivity contribution in [3.63, 3.8) is 0 Å². The molecule has 0 unspecified atom stereocenters. The highest BCUT2D eigenvalue weighted by molar-refractivity contribution is 7.90. The summed E-state index contributed by atoms with van der Waals surface area (Å²) in [5.41, 5.74) is 1.65. The molecule has 174 valence electrons. The van der Waals surface area contributed by atoms with Gasteiger partial charge < -0.3 is 14.8 Å². The van der Waals surface area contributed by atoms with E-state index in [2.05, 4.69) is 15.0 Å². The second-order valence-electron chi connectivity index (χ2n) is 7.02. The number of ether oxygens (including phenoxy) is 2. The van der Waals surface area contributed by atoms with Gasteiger partial charge in [-0.25, -0.2) is 13.4 Å². The Hall–Kier alpha value is -3.60. The van der Waals surface area contributed by atoms with Crippen LogP contribution in [0.4, 0.5) is 13.2 Å². The van der Waals surface area contributed by atoms with Gasteiger partial charge >= 0.3 is 6.36 Å². The molecule has 1 N–H and O–H groups in total. The topological polar surface area (TPSA) is 94.6 Å². The molecule has 0 saturated carbocycles. The number of hydrogen-bond acceptors (Lipinski definition) is 6. The van der Waals surface area contributed by atoms with E-state index in [1.807, 2.05) is 0 Å². The maximum absolute atomic E-state index is 12.5. The van der Waals surface area contributed by atoms with E-state index < -0.39 is 27.9 Å². The highest BCUT2D eigenvalue weighted by atomic mass is 32.2. The predicted octanol–water partition coefficient (Wildman–Crippen LogP) is 4.41. The lowest BCUT2D eigenvalue weighted by molar-refractivity contribution is -0.275. The number of nitrogens with zero attached hydrogens (tertiary/aromatic N) is 1. The predicted molar refractivity (Wildman–Crippen MR) is 113 cm³/mol. The van der Waals surface area contributed by atoms with Crippen LogP contribution >= 0.6 is 0 Å². The molecule has 1 heterocycles. The number of para-hydroxylation sites is 2. The van der Waals surface area contributed by atoms with Gasteiger partial charge in [-0.1, -0.05) is 18.2 Å². The molecule has 3 aromatic rings. The molecule has 0 saturated heterocycles. The zero-order valence-electron chi connectivity index (χ0n) is 17.5. The molecule has 0 spiro atoms. The summed E-state index contributed by atoms with van der Waals surface area (Å²) < 4.78 is 70.1. The van der Waals surface area contributed by atoms with Crippen molar-refractivity contribution in [1.29, 1.82) is 0 Å². The first-order valence-electron chi connectivity index (χ1n) is 9.49. The molecule has 0 atom stereocenters. The van der Waals surface area contributed by atoms with Crippen molar-refractivity contribution in [2.24, 2.45) is 0 Å². The first kappa shape index (κ1) is 24.1. The van der Waals surface area contributed by atoms with Crippen LogP contribution in [-0.4, -0.2) is 31.9 Å². The molecule has 0 bridgehead atoms. The fourth-order valence-corrected chi connectivity index (χ4v) is 3.51. The Kier molecular flexibility index (Phi) is 6.92. The molecule has 7 nitrogen and oxygen atoms in total. The minimum atomic E-state index is -4.88. The third-order valence-corrected chi connectivity index (χ3v) is 5.58. The number of halogens is 3. The summed E-state index contributed by atoms with van der Waals surface area (Å²) in [6.07, 6.45) is -2.54. The van der Waals surface area contributed by atoms with E-state index in [1.54, 1.807) is 13.0 Å². The summed E-state index contributed by atoms with van der Waals surface area (Å²) in [4.78, 5) is 16.6. The second kappa shape index (κ2) is 9.49. The van der Waals surface area contributed by atoms with Crippen LogP contribution in [-0.2, 0) is 16.4 Å². The highest BCUT2D eigenvalue weighted by Crippen LogP contribution is 2.34. The van der Waals surface area contributed by atoms with Gasteiger partial charge in [-0.3, -0.25) is 4.79 Å². The SMILES string of the molecule is Cc1cc(S(C)(=O)=O)ccc1CNC(=O)c1ccc(Oc2ccccc2OC(F)(F)F)nc1. The van der Waals surface area contributed by atoms with Crippen LogP contribution in [0.2, 0.25) is 0 Å². The normalized spacial score (nSPS) is 11.7. The number of amides is 1. The van der Waals surface area contributed by atoms with Gasteiger partial charge in [0.05, 0.1) is 10.5 Å². The van der Waals surface area contributed by atoms with Crippen LogP contribution in [0, 0.1) is 6.92 Å².